The van der Waals surface area contributed by atoms with Crippen molar-refractivity contribution in [2.75, 3.05) is 7.05 Å². The zero-order chi connectivity index (χ0) is 10.9. The normalized spacial score (nSPS) is 26.5. The number of nitrogens with zero attached hydrogens (tertiary/aromatic N) is 2. The van der Waals surface area contributed by atoms with Crippen LogP contribution < -0.4 is 0 Å². The number of allylic oxidation sites excluding steroid dienone is 3. The lowest BCUT2D eigenvalue weighted by Gasteiger charge is -2.09. The Labute approximate surface area is 92.5 Å². The highest BCUT2D eigenvalue weighted by atomic mass is 14.7. The van der Waals surface area contributed by atoms with Crippen LogP contribution in [0, 0.1) is 0 Å². The molecule has 0 heterocycles. The van der Waals surface area contributed by atoms with Gasteiger partial charge in [-0.15, -0.1) is 0 Å². The van der Waals surface area contributed by atoms with Gasteiger partial charge in [0.15, 0.2) is 0 Å². The van der Waals surface area contributed by atoms with E-state index in [-0.39, 0.29) is 0 Å². The van der Waals surface area contributed by atoms with Crippen LogP contribution in [0.2, 0.25) is 0 Å². The molecule has 0 atom stereocenters. The average Bonchev–Trinajstić information content (AvgIpc) is 2.27. The summed E-state index contributed by atoms with van der Waals surface area (Å²) in [6.45, 7) is 3.51. The predicted molar refractivity (Wildman–Crippen MR) is 67.8 cm³/mol. The molecule has 0 saturated carbocycles. The first-order valence-corrected chi connectivity index (χ1v) is 5.64. The Kier molecular flexibility index (Phi) is 5.67. The fourth-order valence-corrected chi connectivity index (χ4v) is 1.83. The number of aliphatic imine (C=N–C) groups is 2. The van der Waals surface area contributed by atoms with Crippen LogP contribution in [0.5, 0.6) is 0 Å². The van der Waals surface area contributed by atoms with Crippen molar-refractivity contribution in [2.45, 2.75) is 38.5 Å². The summed E-state index contributed by atoms with van der Waals surface area (Å²) >= 11 is 0. The second kappa shape index (κ2) is 7.16. The molecule has 1 aliphatic carbocycles. The van der Waals surface area contributed by atoms with E-state index in [1.54, 1.807) is 0 Å². The second-order valence-electron chi connectivity index (χ2n) is 3.78. The molecular weight excluding hydrogens is 184 g/mol. The third kappa shape index (κ3) is 4.24. The van der Waals surface area contributed by atoms with Crippen molar-refractivity contribution in [3.8, 4) is 0 Å². The Balaban J connectivity index is 2.79. The topological polar surface area (TPSA) is 24.7 Å². The summed E-state index contributed by atoms with van der Waals surface area (Å²) < 4.78 is 0. The van der Waals surface area contributed by atoms with Crippen LogP contribution >= 0.6 is 0 Å². The van der Waals surface area contributed by atoms with Gasteiger partial charge in [-0.2, -0.15) is 0 Å². The fourth-order valence-electron chi connectivity index (χ4n) is 1.83. The molecule has 0 aromatic carbocycles. The molecule has 15 heavy (non-hydrogen) atoms. The third-order valence-electron chi connectivity index (χ3n) is 2.68. The molecule has 0 bridgehead atoms. The number of hydrogen-bond donors (Lipinski definition) is 0. The number of hydrogen-bond acceptors (Lipinski definition) is 2. The van der Waals surface area contributed by atoms with Gasteiger partial charge < -0.3 is 0 Å². The molecule has 0 saturated heterocycles. The summed E-state index contributed by atoms with van der Waals surface area (Å²) in [5.74, 6) is 0. The molecule has 0 amide bonds. The van der Waals surface area contributed by atoms with Gasteiger partial charge in [0.25, 0.3) is 0 Å². The Hall–Kier alpha value is -1.18. The second-order valence-corrected chi connectivity index (χ2v) is 3.78. The van der Waals surface area contributed by atoms with Crippen LogP contribution in [0.1, 0.15) is 38.5 Å². The van der Waals surface area contributed by atoms with Gasteiger partial charge in [-0.3, -0.25) is 9.98 Å². The summed E-state index contributed by atoms with van der Waals surface area (Å²) in [6, 6.07) is 0. The SMILES string of the molecule is C=N/C=C1/C/C=C\CCCCC/C1=N/C. The summed E-state index contributed by atoms with van der Waals surface area (Å²) in [7, 11) is 1.86. The van der Waals surface area contributed by atoms with E-state index in [9.17, 15) is 0 Å². The van der Waals surface area contributed by atoms with Gasteiger partial charge in [0.05, 0.1) is 0 Å². The molecule has 0 spiro atoms. The zero-order valence-corrected chi connectivity index (χ0v) is 9.58. The Morgan fingerprint density at radius 2 is 2.13 bits per heavy atom. The predicted octanol–water partition coefficient (Wildman–Crippen LogP) is 3.55. The molecule has 0 aromatic heterocycles. The molecular formula is C13H20N2. The maximum absolute atomic E-state index is 4.35. The van der Waals surface area contributed by atoms with Crippen LogP contribution in [-0.2, 0) is 0 Å². The molecule has 0 aromatic rings. The van der Waals surface area contributed by atoms with E-state index in [0.29, 0.717) is 0 Å². The zero-order valence-electron chi connectivity index (χ0n) is 9.58. The number of rotatable bonds is 1. The van der Waals surface area contributed by atoms with Crippen molar-refractivity contribution in [3.63, 3.8) is 0 Å². The van der Waals surface area contributed by atoms with Crippen molar-refractivity contribution in [1.82, 2.24) is 0 Å². The Bertz CT molecular complexity index is 285. The van der Waals surface area contributed by atoms with Crippen LogP contribution in [0.4, 0.5) is 0 Å². The Morgan fingerprint density at radius 1 is 1.27 bits per heavy atom. The van der Waals surface area contributed by atoms with Gasteiger partial charge in [-0.25, -0.2) is 0 Å². The monoisotopic (exact) mass is 204 g/mol. The van der Waals surface area contributed by atoms with Crippen LogP contribution in [0.3, 0.4) is 0 Å². The molecule has 2 nitrogen and oxygen atoms in total. The minimum absolute atomic E-state index is 0.936. The van der Waals surface area contributed by atoms with E-state index in [1.807, 2.05) is 13.2 Å². The van der Waals surface area contributed by atoms with Gasteiger partial charge in [-0.05, 0) is 44.4 Å². The van der Waals surface area contributed by atoms with Gasteiger partial charge in [-0.1, -0.05) is 18.6 Å². The van der Waals surface area contributed by atoms with Crippen molar-refractivity contribution < 1.29 is 0 Å². The summed E-state index contributed by atoms with van der Waals surface area (Å²) in [6.07, 6.45) is 13.3. The van der Waals surface area contributed by atoms with E-state index >= 15 is 0 Å². The quantitative estimate of drug-likeness (QED) is 0.461. The first-order valence-electron chi connectivity index (χ1n) is 5.64. The van der Waals surface area contributed by atoms with Gasteiger partial charge in [0.2, 0.25) is 0 Å². The highest BCUT2D eigenvalue weighted by Gasteiger charge is 2.05. The smallest absolute Gasteiger partial charge is 0.0395 e. The lowest BCUT2D eigenvalue weighted by molar-refractivity contribution is 0.702. The van der Waals surface area contributed by atoms with Gasteiger partial charge >= 0.3 is 0 Å². The van der Waals surface area contributed by atoms with Gasteiger partial charge in [0, 0.05) is 19.0 Å². The first kappa shape index (κ1) is 11.9. The molecule has 0 aliphatic heterocycles. The minimum atomic E-state index is 0.936. The highest BCUT2D eigenvalue weighted by Crippen LogP contribution is 2.15. The lowest BCUT2D eigenvalue weighted by Crippen LogP contribution is -2.03. The molecule has 0 fully saturated rings. The van der Waals surface area contributed by atoms with Gasteiger partial charge in [0.1, 0.15) is 0 Å². The van der Waals surface area contributed by atoms with Crippen molar-refractivity contribution >= 4 is 12.4 Å². The van der Waals surface area contributed by atoms with Crippen LogP contribution in [-0.4, -0.2) is 19.5 Å². The molecule has 2 heteroatoms. The summed E-state index contributed by atoms with van der Waals surface area (Å²) in [4.78, 5) is 8.21. The van der Waals surface area contributed by atoms with E-state index in [4.69, 9.17) is 0 Å². The Morgan fingerprint density at radius 3 is 2.87 bits per heavy atom. The van der Waals surface area contributed by atoms with Crippen LogP contribution in [0.25, 0.3) is 0 Å². The summed E-state index contributed by atoms with van der Waals surface area (Å²) in [5.41, 5.74) is 2.40. The molecule has 0 N–H and O–H groups in total. The van der Waals surface area contributed by atoms with Crippen LogP contribution in [0.15, 0.2) is 33.9 Å². The highest BCUT2D eigenvalue weighted by molar-refractivity contribution is 6.00. The van der Waals surface area contributed by atoms with E-state index in [2.05, 4.69) is 28.9 Å². The standard InChI is InChI=1S/C13H20N2/c1-14-11-12-9-7-5-3-4-6-8-10-13(12)15-2/h5,7,11H,1,3-4,6,8-10H2,2H3/b7-5-,12-11-,15-13-. The van der Waals surface area contributed by atoms with E-state index in [0.717, 1.165) is 12.8 Å². The molecule has 1 rings (SSSR count). The first-order chi connectivity index (χ1) is 7.38. The fraction of sp³-hybridized carbons (Fsp3) is 0.538. The molecule has 82 valence electrons. The molecule has 0 radical (unpaired) electrons. The lowest BCUT2D eigenvalue weighted by atomic mass is 9.99. The third-order valence-corrected chi connectivity index (χ3v) is 2.68. The van der Waals surface area contributed by atoms with E-state index < -0.39 is 0 Å². The average molecular weight is 204 g/mol. The van der Waals surface area contributed by atoms with E-state index in [1.165, 1.54) is 37.0 Å². The minimum Gasteiger partial charge on any atom is -0.293 e. The largest absolute Gasteiger partial charge is 0.293 e. The van der Waals surface area contributed by atoms with Crippen molar-refractivity contribution in [2.24, 2.45) is 9.98 Å². The summed E-state index contributed by atoms with van der Waals surface area (Å²) in [5, 5.41) is 0. The molecule has 0 unspecified atom stereocenters. The molecule has 1 aliphatic rings. The van der Waals surface area contributed by atoms with Crippen molar-refractivity contribution in [3.05, 3.63) is 23.9 Å². The van der Waals surface area contributed by atoms with Crippen molar-refractivity contribution in [1.29, 1.82) is 0 Å². The maximum Gasteiger partial charge on any atom is 0.0395 e. The maximum atomic E-state index is 4.35.